The lowest BCUT2D eigenvalue weighted by Crippen LogP contribution is -2.38. The van der Waals surface area contributed by atoms with Crippen molar-refractivity contribution in [2.24, 2.45) is 14.1 Å². The van der Waals surface area contributed by atoms with Gasteiger partial charge in [0.25, 0.3) is 5.56 Å². The average molecular weight is 455 g/mol. The van der Waals surface area contributed by atoms with Gasteiger partial charge in [-0.05, 0) is 29.3 Å². The van der Waals surface area contributed by atoms with Crippen molar-refractivity contribution in [2.75, 3.05) is 7.05 Å². The molecule has 0 aliphatic rings. The molecule has 0 N–H and O–H groups in total. The minimum absolute atomic E-state index is 0.0197. The van der Waals surface area contributed by atoms with E-state index < -0.39 is 11.2 Å². The van der Waals surface area contributed by atoms with Crippen LogP contribution in [0.25, 0.3) is 11.2 Å². The fourth-order valence-corrected chi connectivity index (χ4v) is 3.26. The predicted molar refractivity (Wildman–Crippen MR) is 106 cm³/mol. The van der Waals surface area contributed by atoms with Crippen molar-refractivity contribution >= 4 is 44.6 Å². The van der Waals surface area contributed by atoms with E-state index in [1.807, 2.05) is 24.3 Å². The van der Waals surface area contributed by atoms with Crippen LogP contribution in [0, 0.1) is 0 Å². The fourth-order valence-electron chi connectivity index (χ4n) is 2.77. The smallest absolute Gasteiger partial charge is 0.332 e. The molecular formula is C17H17BrClN5O3. The van der Waals surface area contributed by atoms with E-state index in [4.69, 9.17) is 11.6 Å². The van der Waals surface area contributed by atoms with Crippen molar-refractivity contribution in [3.05, 3.63) is 60.4 Å². The number of imidazole rings is 1. The number of fused-ring (bicyclic) bond motifs is 1. The quantitative estimate of drug-likeness (QED) is 0.560. The molecule has 3 rings (SSSR count). The first-order chi connectivity index (χ1) is 12.7. The van der Waals surface area contributed by atoms with Crippen LogP contribution in [0.3, 0.4) is 0 Å². The number of amides is 1. The van der Waals surface area contributed by atoms with Crippen LogP contribution < -0.4 is 11.2 Å². The van der Waals surface area contributed by atoms with Crippen LogP contribution in [0.5, 0.6) is 0 Å². The van der Waals surface area contributed by atoms with Gasteiger partial charge >= 0.3 is 5.69 Å². The van der Waals surface area contributed by atoms with E-state index in [1.54, 1.807) is 7.05 Å². The second kappa shape index (κ2) is 7.32. The van der Waals surface area contributed by atoms with Crippen molar-refractivity contribution < 1.29 is 4.79 Å². The second-order valence-corrected chi connectivity index (χ2v) is 7.47. The van der Waals surface area contributed by atoms with Crippen molar-refractivity contribution in [3.8, 4) is 0 Å². The van der Waals surface area contributed by atoms with E-state index >= 15 is 0 Å². The molecule has 0 saturated carbocycles. The number of hydrogen-bond donors (Lipinski definition) is 0. The molecule has 0 aliphatic heterocycles. The van der Waals surface area contributed by atoms with Crippen LogP contribution >= 0.6 is 27.5 Å². The Morgan fingerprint density at radius 2 is 1.81 bits per heavy atom. The predicted octanol–water partition coefficient (Wildman–Crippen LogP) is 1.51. The van der Waals surface area contributed by atoms with Gasteiger partial charge in [0.15, 0.2) is 11.2 Å². The lowest BCUT2D eigenvalue weighted by molar-refractivity contribution is -0.131. The summed E-state index contributed by atoms with van der Waals surface area (Å²) in [5.74, 6) is -0.241. The zero-order chi connectivity index (χ0) is 19.9. The Morgan fingerprint density at radius 3 is 2.44 bits per heavy atom. The number of aromatic nitrogens is 4. The van der Waals surface area contributed by atoms with Gasteiger partial charge in [-0.2, -0.15) is 4.98 Å². The molecule has 10 heteroatoms. The van der Waals surface area contributed by atoms with E-state index in [-0.39, 0.29) is 28.9 Å². The molecule has 3 aromatic rings. The molecule has 0 unspecified atom stereocenters. The van der Waals surface area contributed by atoms with Gasteiger partial charge < -0.3 is 4.90 Å². The van der Waals surface area contributed by atoms with Crippen molar-refractivity contribution in [3.63, 3.8) is 0 Å². The summed E-state index contributed by atoms with van der Waals surface area (Å²) in [5, 5.41) is -0.0197. The van der Waals surface area contributed by atoms with Gasteiger partial charge in [0.05, 0.1) is 0 Å². The van der Waals surface area contributed by atoms with Gasteiger partial charge in [0.2, 0.25) is 11.2 Å². The third-order valence-corrected chi connectivity index (χ3v) is 5.17. The Kier molecular flexibility index (Phi) is 5.25. The number of nitrogens with zero attached hydrogens (tertiary/aromatic N) is 5. The first-order valence-corrected chi connectivity index (χ1v) is 9.18. The first kappa shape index (κ1) is 19.4. The summed E-state index contributed by atoms with van der Waals surface area (Å²) in [4.78, 5) is 42.8. The van der Waals surface area contributed by atoms with Crippen LogP contribution in [0.2, 0.25) is 5.28 Å². The lowest BCUT2D eigenvalue weighted by atomic mass is 10.2. The summed E-state index contributed by atoms with van der Waals surface area (Å²) in [6.45, 7) is 0.253. The molecule has 0 radical (unpaired) electrons. The van der Waals surface area contributed by atoms with Gasteiger partial charge in [-0.3, -0.25) is 23.3 Å². The summed E-state index contributed by atoms with van der Waals surface area (Å²) in [6.07, 6.45) is 0. The molecule has 0 saturated heterocycles. The highest BCUT2D eigenvalue weighted by Crippen LogP contribution is 2.16. The largest absolute Gasteiger partial charge is 0.340 e. The maximum atomic E-state index is 12.7. The van der Waals surface area contributed by atoms with Crippen molar-refractivity contribution in [1.29, 1.82) is 0 Å². The highest BCUT2D eigenvalue weighted by molar-refractivity contribution is 9.10. The molecule has 1 aromatic carbocycles. The normalized spacial score (nSPS) is 11.1. The molecule has 142 valence electrons. The summed E-state index contributed by atoms with van der Waals surface area (Å²) in [7, 11) is 4.54. The van der Waals surface area contributed by atoms with Crippen LogP contribution in [0.4, 0.5) is 0 Å². The van der Waals surface area contributed by atoms with Gasteiger partial charge in [0, 0.05) is 32.2 Å². The Bertz CT molecular complexity index is 1150. The molecule has 0 spiro atoms. The Hall–Kier alpha value is -2.39. The van der Waals surface area contributed by atoms with Crippen LogP contribution in [0.15, 0.2) is 38.3 Å². The van der Waals surface area contributed by atoms with E-state index in [1.165, 1.54) is 28.1 Å². The second-order valence-electron chi connectivity index (χ2n) is 6.22. The molecule has 1 amide bonds. The number of benzene rings is 1. The number of likely N-dealkylation sites (N-methyl/N-ethyl adjacent to an activating group) is 1. The molecule has 0 aliphatic carbocycles. The number of rotatable bonds is 4. The molecule has 0 fully saturated rings. The van der Waals surface area contributed by atoms with Gasteiger partial charge in [-0.1, -0.05) is 28.1 Å². The zero-order valence-electron chi connectivity index (χ0n) is 14.9. The maximum absolute atomic E-state index is 12.7. The van der Waals surface area contributed by atoms with Crippen LogP contribution in [0.1, 0.15) is 5.56 Å². The standard InChI is InChI=1S/C17H17BrClN5O3/c1-21(8-10-4-6-11(18)7-5-10)12(25)9-24-13-14(20-16(24)19)22(2)17(27)23(3)15(13)26/h4-7H,8-9H2,1-3H3. The maximum Gasteiger partial charge on any atom is 0.332 e. The molecular weight excluding hydrogens is 438 g/mol. The highest BCUT2D eigenvalue weighted by atomic mass is 79.9. The Labute approximate surface area is 167 Å². The van der Waals surface area contributed by atoms with Crippen molar-refractivity contribution in [2.45, 2.75) is 13.1 Å². The summed E-state index contributed by atoms with van der Waals surface area (Å²) < 4.78 is 4.49. The minimum atomic E-state index is -0.545. The monoisotopic (exact) mass is 453 g/mol. The first-order valence-electron chi connectivity index (χ1n) is 8.01. The molecule has 0 atom stereocenters. The Morgan fingerprint density at radius 1 is 1.19 bits per heavy atom. The van der Waals surface area contributed by atoms with Gasteiger partial charge in [0.1, 0.15) is 6.54 Å². The van der Waals surface area contributed by atoms with E-state index in [0.717, 1.165) is 14.6 Å². The topological polar surface area (TPSA) is 82.1 Å². The lowest BCUT2D eigenvalue weighted by Gasteiger charge is -2.18. The number of hydrogen-bond acceptors (Lipinski definition) is 4. The van der Waals surface area contributed by atoms with E-state index in [0.29, 0.717) is 6.54 Å². The molecule has 2 aromatic heterocycles. The third-order valence-electron chi connectivity index (χ3n) is 4.35. The molecule has 8 nitrogen and oxygen atoms in total. The number of aryl methyl sites for hydroxylation is 1. The van der Waals surface area contributed by atoms with E-state index in [9.17, 15) is 14.4 Å². The fraction of sp³-hybridized carbons (Fsp3) is 0.294. The molecule has 0 bridgehead atoms. The number of carbonyl (C=O) groups is 1. The molecule has 27 heavy (non-hydrogen) atoms. The summed E-state index contributed by atoms with van der Waals surface area (Å²) >= 11 is 9.53. The van der Waals surface area contributed by atoms with Crippen LogP contribution in [-0.2, 0) is 32.0 Å². The third kappa shape index (κ3) is 3.57. The SMILES string of the molecule is CN(Cc1ccc(Br)cc1)C(=O)Cn1c(Cl)nc2c1c(=O)n(C)c(=O)n2C. The summed E-state index contributed by atoms with van der Waals surface area (Å²) in [6, 6.07) is 7.63. The van der Waals surface area contributed by atoms with Gasteiger partial charge in [-0.25, -0.2) is 4.79 Å². The number of halogens is 2. The van der Waals surface area contributed by atoms with E-state index in [2.05, 4.69) is 20.9 Å². The molecule has 2 heterocycles. The highest BCUT2D eigenvalue weighted by Gasteiger charge is 2.21. The minimum Gasteiger partial charge on any atom is -0.340 e. The van der Waals surface area contributed by atoms with Crippen molar-refractivity contribution in [1.82, 2.24) is 23.6 Å². The van der Waals surface area contributed by atoms with Crippen LogP contribution in [-0.4, -0.2) is 36.5 Å². The summed E-state index contributed by atoms with van der Waals surface area (Å²) in [5.41, 5.74) is 0.184. The Balaban J connectivity index is 1.93. The number of carbonyl (C=O) groups excluding carboxylic acids is 1. The van der Waals surface area contributed by atoms with Gasteiger partial charge in [-0.15, -0.1) is 0 Å². The zero-order valence-corrected chi connectivity index (χ0v) is 17.3. The average Bonchev–Trinajstić information content (AvgIpc) is 2.96.